The van der Waals surface area contributed by atoms with E-state index in [9.17, 15) is 13.6 Å². The maximum absolute atomic E-state index is 12.0. The van der Waals surface area contributed by atoms with Crippen molar-refractivity contribution in [3.63, 3.8) is 0 Å². The van der Waals surface area contributed by atoms with Crippen molar-refractivity contribution in [1.82, 2.24) is 9.97 Å². The standard InChI is InChI=1S/C9H7FN2.C7H6FNO/c10-6-9-4-3-8(7-12-9)2-1-5-11;8-3-7-2-1-6(5-10)4-9-7/h1-4,7H,6H2;1-2,4-5H,3H2/i10-1;8-1. The predicted molar refractivity (Wildman–Crippen MR) is 78.1 cm³/mol. The zero-order chi connectivity index (χ0) is 16.2. The molecule has 0 aliphatic rings. The Morgan fingerprint density at radius 3 is 1.91 bits per heavy atom. The van der Waals surface area contributed by atoms with Crippen molar-refractivity contribution in [3.05, 3.63) is 65.2 Å². The lowest BCUT2D eigenvalue weighted by molar-refractivity contribution is 0.112. The van der Waals surface area contributed by atoms with E-state index in [4.69, 9.17) is 5.26 Å². The number of carbonyl (C=O) groups excluding carboxylic acids is 1. The molecule has 0 aliphatic carbocycles. The van der Waals surface area contributed by atoms with Crippen molar-refractivity contribution in [2.45, 2.75) is 13.3 Å². The number of hydrogen-bond acceptors (Lipinski definition) is 4. The minimum atomic E-state index is -0.584. The maximum Gasteiger partial charge on any atom is 0.151 e. The number of nitrogens with zero attached hydrogens (tertiary/aromatic N) is 3. The van der Waals surface area contributed by atoms with Crippen molar-refractivity contribution in [2.75, 3.05) is 0 Å². The fraction of sp³-hybridized carbons (Fsp3) is 0.125. The fourth-order valence-electron chi connectivity index (χ4n) is 1.33. The Morgan fingerprint density at radius 2 is 1.55 bits per heavy atom. The minimum Gasteiger partial charge on any atom is -0.298 e. The number of allylic oxidation sites excluding steroid dienone is 1. The van der Waals surface area contributed by atoms with Crippen LogP contribution in [0.1, 0.15) is 27.3 Å². The summed E-state index contributed by atoms with van der Waals surface area (Å²) in [5.41, 5.74) is 2.03. The highest BCUT2D eigenvalue weighted by Crippen LogP contribution is 2.03. The first-order valence-corrected chi connectivity index (χ1v) is 6.26. The van der Waals surface area contributed by atoms with Crippen LogP contribution in [0.15, 0.2) is 42.7 Å². The molecule has 0 saturated carbocycles. The molecule has 0 aromatic carbocycles. The molecule has 0 radical (unpaired) electrons. The predicted octanol–water partition coefficient (Wildman–Crippen LogP) is 3.45. The van der Waals surface area contributed by atoms with E-state index in [0.717, 1.165) is 5.56 Å². The molecule has 0 aliphatic heterocycles. The summed E-state index contributed by atoms with van der Waals surface area (Å²) in [5, 5.41) is 8.21. The molecule has 2 aromatic rings. The second-order valence-corrected chi connectivity index (χ2v) is 4.01. The molecule has 0 spiro atoms. The van der Waals surface area contributed by atoms with Crippen LogP contribution in [0.2, 0.25) is 0 Å². The van der Waals surface area contributed by atoms with Gasteiger partial charge in [0.15, 0.2) is 6.29 Å². The number of halogens is 2. The summed E-state index contributed by atoms with van der Waals surface area (Å²) in [6.45, 7) is -1.14. The van der Waals surface area contributed by atoms with Crippen LogP contribution in [0.4, 0.5) is 8.78 Å². The summed E-state index contributed by atoms with van der Waals surface area (Å²) < 4.78 is 23.8. The van der Waals surface area contributed by atoms with Crippen LogP contribution in [0.25, 0.3) is 6.08 Å². The average molecular weight is 299 g/mol. The van der Waals surface area contributed by atoms with Gasteiger partial charge in [0, 0.05) is 24.0 Å². The largest absolute Gasteiger partial charge is 0.298 e. The van der Waals surface area contributed by atoms with E-state index in [-0.39, 0.29) is 0 Å². The molecule has 0 saturated heterocycles. The molecule has 0 bridgehead atoms. The Labute approximate surface area is 126 Å². The number of hydrogen-bond donors (Lipinski definition) is 0. The molecule has 2 heterocycles. The minimum absolute atomic E-state index is 0.352. The third-order valence-electron chi connectivity index (χ3n) is 2.46. The second-order valence-electron chi connectivity index (χ2n) is 4.01. The van der Waals surface area contributed by atoms with Gasteiger partial charge in [-0.15, -0.1) is 0 Å². The van der Waals surface area contributed by atoms with Crippen LogP contribution in [0, 0.1) is 11.3 Å². The molecule has 6 heteroatoms. The molecule has 0 N–H and O–H groups in total. The first-order valence-electron chi connectivity index (χ1n) is 6.26. The highest BCUT2D eigenvalue weighted by Gasteiger charge is 1.92. The molecule has 0 unspecified atom stereocenters. The van der Waals surface area contributed by atoms with E-state index in [2.05, 4.69) is 9.97 Å². The number of aromatic nitrogens is 2. The van der Waals surface area contributed by atoms with Gasteiger partial charge in [-0.1, -0.05) is 6.07 Å². The van der Waals surface area contributed by atoms with Crippen molar-refractivity contribution in [1.29, 1.82) is 5.26 Å². The Kier molecular flexibility index (Phi) is 7.69. The van der Waals surface area contributed by atoms with Crippen molar-refractivity contribution in [3.8, 4) is 6.07 Å². The summed E-state index contributed by atoms with van der Waals surface area (Å²) in [6.07, 6.45) is 6.53. The van der Waals surface area contributed by atoms with Gasteiger partial charge in [0.2, 0.25) is 0 Å². The van der Waals surface area contributed by atoms with Gasteiger partial charge in [0.05, 0.1) is 17.5 Å². The van der Waals surface area contributed by atoms with Gasteiger partial charge in [-0.2, -0.15) is 5.26 Å². The zero-order valence-electron chi connectivity index (χ0n) is 11.6. The van der Waals surface area contributed by atoms with Gasteiger partial charge >= 0.3 is 0 Å². The monoisotopic (exact) mass is 299 g/mol. The van der Waals surface area contributed by atoms with E-state index >= 15 is 0 Å². The fourth-order valence-corrected chi connectivity index (χ4v) is 1.33. The molecule has 22 heavy (non-hydrogen) atoms. The third kappa shape index (κ3) is 6.01. The molecule has 2 rings (SSSR count). The summed E-state index contributed by atoms with van der Waals surface area (Å²) in [5.74, 6) is 0. The number of rotatable bonds is 4. The van der Waals surface area contributed by atoms with Gasteiger partial charge in [-0.05, 0) is 29.8 Å². The summed E-state index contributed by atoms with van der Waals surface area (Å²) >= 11 is 0. The van der Waals surface area contributed by atoms with Crippen LogP contribution in [0.5, 0.6) is 0 Å². The summed E-state index contributed by atoms with van der Waals surface area (Å²) in [7, 11) is 0. The van der Waals surface area contributed by atoms with Gasteiger partial charge in [0.1, 0.15) is 13.3 Å². The van der Waals surface area contributed by atoms with E-state index in [1.165, 1.54) is 30.6 Å². The lowest BCUT2D eigenvalue weighted by atomic mass is 10.2. The third-order valence-corrected chi connectivity index (χ3v) is 2.46. The first kappa shape index (κ1) is 17.1. The lowest BCUT2D eigenvalue weighted by Gasteiger charge is -1.93. The van der Waals surface area contributed by atoms with Gasteiger partial charge in [0.25, 0.3) is 0 Å². The number of pyridine rings is 2. The second kappa shape index (κ2) is 9.88. The topological polar surface area (TPSA) is 66.6 Å². The lowest BCUT2D eigenvalue weighted by Crippen LogP contribution is -1.86. The smallest absolute Gasteiger partial charge is 0.151 e. The molecule has 0 atom stereocenters. The maximum atomic E-state index is 12.0. The van der Waals surface area contributed by atoms with E-state index in [0.29, 0.717) is 23.2 Å². The Balaban J connectivity index is 0.000000224. The van der Waals surface area contributed by atoms with Crippen molar-refractivity contribution >= 4 is 12.4 Å². The number of alkyl halides is 2. The summed E-state index contributed by atoms with van der Waals surface area (Å²) in [4.78, 5) is 17.5. The molecule has 112 valence electrons. The first-order chi connectivity index (χ1) is 10.7. The molecular formula is C16H13F2N3O. The van der Waals surface area contributed by atoms with E-state index in [1.807, 2.05) is 6.07 Å². The normalized spacial score (nSPS) is 9.68. The molecule has 2 aromatic heterocycles. The van der Waals surface area contributed by atoms with Crippen molar-refractivity contribution in [2.24, 2.45) is 0 Å². The quantitative estimate of drug-likeness (QED) is 0.640. The Hall–Kier alpha value is -2.94. The SMILES string of the molecule is N#CC=Cc1ccc(C[18F])nc1.O=Cc1ccc(C[18F])nc1. The number of nitriles is 1. The highest BCUT2D eigenvalue weighted by atomic mass is 18.2. The summed E-state index contributed by atoms with van der Waals surface area (Å²) in [6, 6.07) is 8.20. The molecular weight excluding hydrogens is 286 g/mol. The van der Waals surface area contributed by atoms with Gasteiger partial charge in [-0.3, -0.25) is 14.8 Å². The van der Waals surface area contributed by atoms with Crippen LogP contribution in [0.3, 0.4) is 0 Å². The van der Waals surface area contributed by atoms with Gasteiger partial charge < -0.3 is 0 Å². The number of carbonyl (C=O) groups is 1. The molecule has 0 amide bonds. The van der Waals surface area contributed by atoms with Crippen LogP contribution in [-0.4, -0.2) is 16.3 Å². The van der Waals surface area contributed by atoms with Crippen LogP contribution < -0.4 is 0 Å². The van der Waals surface area contributed by atoms with E-state index in [1.54, 1.807) is 18.2 Å². The molecule has 4 nitrogen and oxygen atoms in total. The average Bonchev–Trinajstić information content (AvgIpc) is 2.61. The van der Waals surface area contributed by atoms with Crippen LogP contribution >= 0.6 is 0 Å². The van der Waals surface area contributed by atoms with Crippen LogP contribution in [-0.2, 0) is 13.3 Å². The zero-order valence-corrected chi connectivity index (χ0v) is 11.6. The Morgan fingerprint density at radius 1 is 1.00 bits per heavy atom. The highest BCUT2D eigenvalue weighted by molar-refractivity contribution is 5.73. The molecule has 0 fully saturated rings. The van der Waals surface area contributed by atoms with Crippen molar-refractivity contribution < 1.29 is 13.6 Å². The van der Waals surface area contributed by atoms with Gasteiger partial charge in [-0.25, -0.2) is 8.78 Å². The number of aldehydes is 1. The Bertz CT molecular complexity index is 647. The van der Waals surface area contributed by atoms with E-state index < -0.39 is 13.3 Å².